The Morgan fingerprint density at radius 2 is 2.17 bits per heavy atom. The van der Waals surface area contributed by atoms with Crippen molar-refractivity contribution in [1.82, 2.24) is 0 Å². The van der Waals surface area contributed by atoms with Crippen molar-refractivity contribution in [3.8, 4) is 0 Å². The molecule has 0 aliphatic rings. The normalized spacial score (nSPS) is 8.75. The number of rotatable bonds is 6. The summed E-state index contributed by atoms with van der Waals surface area (Å²) in [6.45, 7) is 6.68. The van der Waals surface area contributed by atoms with Crippen LogP contribution in [0.15, 0.2) is 25.0 Å². The van der Waals surface area contributed by atoms with E-state index in [4.69, 9.17) is 9.84 Å². The minimum absolute atomic E-state index is 0.0437. The Kier molecular flexibility index (Phi) is 5.73. The van der Waals surface area contributed by atoms with E-state index in [0.717, 1.165) is 0 Å². The molecule has 0 amide bonds. The highest BCUT2D eigenvalue weighted by Gasteiger charge is 2.07. The number of hydrogen-bond acceptors (Lipinski definition) is 4. The Morgan fingerprint density at radius 1 is 1.50 bits per heavy atom. The maximum absolute atomic E-state index is 10.8. The van der Waals surface area contributed by atoms with Crippen LogP contribution in [-0.4, -0.2) is 30.9 Å². The molecule has 0 unspecified atom stereocenters. The second kappa shape index (κ2) is 6.42. The van der Waals surface area contributed by atoms with Crippen LogP contribution in [0.2, 0.25) is 0 Å². The SMILES string of the molecule is C=CCOC(=O)C(=C)OCCO. The molecule has 0 bridgehead atoms. The average molecular weight is 172 g/mol. The maximum Gasteiger partial charge on any atom is 0.373 e. The molecular weight excluding hydrogens is 160 g/mol. The van der Waals surface area contributed by atoms with Gasteiger partial charge in [0, 0.05) is 0 Å². The first kappa shape index (κ1) is 10.7. The van der Waals surface area contributed by atoms with Crippen molar-refractivity contribution in [2.24, 2.45) is 0 Å². The van der Waals surface area contributed by atoms with Gasteiger partial charge in [-0.1, -0.05) is 12.7 Å². The summed E-state index contributed by atoms with van der Waals surface area (Å²) in [6, 6.07) is 0. The van der Waals surface area contributed by atoms with E-state index in [0.29, 0.717) is 0 Å². The number of aliphatic hydroxyl groups is 1. The lowest BCUT2D eigenvalue weighted by Crippen LogP contribution is -2.11. The van der Waals surface area contributed by atoms with E-state index >= 15 is 0 Å². The molecule has 0 fully saturated rings. The molecule has 0 saturated heterocycles. The van der Waals surface area contributed by atoms with Gasteiger partial charge in [0.25, 0.3) is 0 Å². The number of ether oxygens (including phenoxy) is 2. The minimum Gasteiger partial charge on any atom is -0.485 e. The first-order valence-corrected chi connectivity index (χ1v) is 3.43. The molecule has 4 heteroatoms. The largest absolute Gasteiger partial charge is 0.485 e. The topological polar surface area (TPSA) is 55.8 Å². The summed E-state index contributed by atoms with van der Waals surface area (Å²) in [7, 11) is 0. The Labute approximate surface area is 71.1 Å². The van der Waals surface area contributed by atoms with Crippen LogP contribution in [0, 0.1) is 0 Å². The van der Waals surface area contributed by atoms with Crippen molar-refractivity contribution in [2.75, 3.05) is 19.8 Å². The quantitative estimate of drug-likeness (QED) is 0.270. The van der Waals surface area contributed by atoms with E-state index in [1.165, 1.54) is 6.08 Å². The first-order chi connectivity index (χ1) is 5.72. The van der Waals surface area contributed by atoms with E-state index in [1.54, 1.807) is 0 Å². The molecule has 0 rings (SSSR count). The fourth-order valence-electron chi connectivity index (χ4n) is 0.443. The Hall–Kier alpha value is -1.29. The molecule has 0 aliphatic heterocycles. The van der Waals surface area contributed by atoms with Gasteiger partial charge in [-0.25, -0.2) is 4.79 Å². The second-order valence-electron chi connectivity index (χ2n) is 1.88. The second-order valence-corrected chi connectivity index (χ2v) is 1.88. The number of esters is 1. The van der Waals surface area contributed by atoms with Gasteiger partial charge in [0.2, 0.25) is 0 Å². The highest BCUT2D eigenvalue weighted by atomic mass is 16.6. The number of aliphatic hydroxyl groups excluding tert-OH is 1. The van der Waals surface area contributed by atoms with Gasteiger partial charge in [0.1, 0.15) is 13.2 Å². The molecule has 0 heterocycles. The van der Waals surface area contributed by atoms with Crippen molar-refractivity contribution < 1.29 is 19.4 Å². The molecule has 0 spiro atoms. The van der Waals surface area contributed by atoms with Gasteiger partial charge in [-0.2, -0.15) is 0 Å². The van der Waals surface area contributed by atoms with Crippen LogP contribution in [0.4, 0.5) is 0 Å². The summed E-state index contributed by atoms with van der Waals surface area (Å²) < 4.78 is 9.28. The van der Waals surface area contributed by atoms with Gasteiger partial charge in [-0.3, -0.25) is 0 Å². The van der Waals surface area contributed by atoms with Gasteiger partial charge < -0.3 is 14.6 Å². The van der Waals surface area contributed by atoms with E-state index < -0.39 is 5.97 Å². The lowest BCUT2D eigenvalue weighted by Gasteiger charge is -2.05. The monoisotopic (exact) mass is 172 g/mol. The Morgan fingerprint density at radius 3 is 2.67 bits per heavy atom. The van der Waals surface area contributed by atoms with Gasteiger partial charge >= 0.3 is 5.97 Å². The van der Waals surface area contributed by atoms with Gasteiger partial charge in [-0.05, 0) is 6.58 Å². The van der Waals surface area contributed by atoms with Crippen molar-refractivity contribution >= 4 is 5.97 Å². The smallest absolute Gasteiger partial charge is 0.373 e. The van der Waals surface area contributed by atoms with Crippen molar-refractivity contribution in [3.05, 3.63) is 25.0 Å². The molecule has 4 nitrogen and oxygen atoms in total. The van der Waals surface area contributed by atoms with E-state index in [2.05, 4.69) is 17.9 Å². The predicted octanol–water partition coefficient (Wildman–Crippen LogP) is 0.238. The van der Waals surface area contributed by atoms with Crippen LogP contribution >= 0.6 is 0 Å². The fourth-order valence-corrected chi connectivity index (χ4v) is 0.443. The van der Waals surface area contributed by atoms with Crippen LogP contribution in [0.25, 0.3) is 0 Å². The summed E-state index contributed by atoms with van der Waals surface area (Å²) in [4.78, 5) is 10.8. The molecular formula is C8H12O4. The van der Waals surface area contributed by atoms with Crippen LogP contribution in [0.5, 0.6) is 0 Å². The molecule has 0 atom stereocenters. The first-order valence-electron chi connectivity index (χ1n) is 3.43. The van der Waals surface area contributed by atoms with E-state index in [1.807, 2.05) is 0 Å². The zero-order valence-corrected chi connectivity index (χ0v) is 6.78. The van der Waals surface area contributed by atoms with E-state index in [9.17, 15) is 4.79 Å². The predicted molar refractivity (Wildman–Crippen MR) is 43.3 cm³/mol. The molecule has 0 radical (unpaired) electrons. The van der Waals surface area contributed by atoms with Crippen LogP contribution < -0.4 is 0 Å². The van der Waals surface area contributed by atoms with Crippen molar-refractivity contribution in [3.63, 3.8) is 0 Å². The van der Waals surface area contributed by atoms with Gasteiger partial charge in [0.05, 0.1) is 6.61 Å². The number of hydrogen-bond donors (Lipinski definition) is 1. The molecule has 0 aliphatic carbocycles. The third-order valence-electron chi connectivity index (χ3n) is 0.928. The average Bonchev–Trinajstić information content (AvgIpc) is 2.10. The van der Waals surface area contributed by atoms with Crippen LogP contribution in [0.3, 0.4) is 0 Å². The molecule has 0 aromatic heterocycles. The summed E-state index contributed by atoms with van der Waals surface area (Å²) in [5, 5.41) is 8.34. The van der Waals surface area contributed by atoms with Crippen LogP contribution in [0.1, 0.15) is 0 Å². The molecule has 12 heavy (non-hydrogen) atoms. The molecule has 68 valence electrons. The Balaban J connectivity index is 3.61. The zero-order chi connectivity index (χ0) is 9.40. The minimum atomic E-state index is -0.636. The van der Waals surface area contributed by atoms with Crippen molar-refractivity contribution in [1.29, 1.82) is 0 Å². The molecule has 0 aromatic carbocycles. The molecule has 0 saturated carbocycles. The number of carbonyl (C=O) groups is 1. The van der Waals surface area contributed by atoms with Crippen LogP contribution in [-0.2, 0) is 14.3 Å². The zero-order valence-electron chi connectivity index (χ0n) is 6.78. The fraction of sp³-hybridized carbons (Fsp3) is 0.375. The molecule has 1 N–H and O–H groups in total. The molecule has 0 aromatic rings. The standard InChI is InChI=1S/C8H12O4/c1-3-5-12-8(10)7(2)11-6-4-9/h3,9H,1-2,4-6H2. The summed E-state index contributed by atoms with van der Waals surface area (Å²) in [5.74, 6) is -0.741. The lowest BCUT2D eigenvalue weighted by atomic mass is 10.5. The van der Waals surface area contributed by atoms with Gasteiger partial charge in [0.15, 0.2) is 5.76 Å². The highest BCUT2D eigenvalue weighted by Crippen LogP contribution is 1.96. The van der Waals surface area contributed by atoms with Gasteiger partial charge in [-0.15, -0.1) is 0 Å². The summed E-state index contributed by atoms with van der Waals surface area (Å²) >= 11 is 0. The number of carbonyl (C=O) groups excluding carboxylic acids is 1. The third kappa shape index (κ3) is 4.51. The third-order valence-corrected chi connectivity index (χ3v) is 0.928. The van der Waals surface area contributed by atoms with E-state index in [-0.39, 0.29) is 25.6 Å². The summed E-state index contributed by atoms with van der Waals surface area (Å²) in [5.41, 5.74) is 0. The highest BCUT2D eigenvalue weighted by molar-refractivity contribution is 5.85. The summed E-state index contributed by atoms with van der Waals surface area (Å²) in [6.07, 6.45) is 1.44. The Bertz CT molecular complexity index is 174. The lowest BCUT2D eigenvalue weighted by molar-refractivity contribution is -0.142. The maximum atomic E-state index is 10.8. The van der Waals surface area contributed by atoms with Crippen molar-refractivity contribution in [2.45, 2.75) is 0 Å².